The second-order valence-corrected chi connectivity index (χ2v) is 8.60. The third-order valence-electron chi connectivity index (χ3n) is 5.77. The largest absolute Gasteiger partial charge is 0.350 e. The van der Waals surface area contributed by atoms with Gasteiger partial charge in [0, 0.05) is 38.3 Å². The predicted molar refractivity (Wildman–Crippen MR) is 113 cm³/mol. The van der Waals surface area contributed by atoms with E-state index in [0.29, 0.717) is 18.7 Å². The smallest absolute Gasteiger partial charge is 0.257 e. The van der Waals surface area contributed by atoms with Crippen molar-refractivity contribution in [2.45, 2.75) is 19.9 Å². The number of likely N-dealkylation sites (N-methyl/N-ethyl adjacent to an activating group) is 2. The van der Waals surface area contributed by atoms with Gasteiger partial charge in [-0.3, -0.25) is 9.59 Å². The third kappa shape index (κ3) is 2.64. The molecule has 0 saturated heterocycles. The molecule has 0 N–H and O–H groups in total. The molecule has 0 bridgehead atoms. The summed E-state index contributed by atoms with van der Waals surface area (Å²) >= 11 is 1.57. The highest BCUT2D eigenvalue weighted by atomic mass is 32.1. The van der Waals surface area contributed by atoms with Crippen LogP contribution in [0.3, 0.4) is 0 Å². The number of carbonyl (C=O) groups is 2. The molecule has 0 atom stereocenters. The molecule has 0 aliphatic carbocycles. The summed E-state index contributed by atoms with van der Waals surface area (Å²) in [5.74, 6) is 0.832. The van der Waals surface area contributed by atoms with Gasteiger partial charge in [-0.25, -0.2) is 9.97 Å². The van der Waals surface area contributed by atoms with Gasteiger partial charge < -0.3 is 19.3 Å². The fourth-order valence-corrected chi connectivity index (χ4v) is 5.72. The maximum Gasteiger partial charge on any atom is 0.257 e. The molecule has 2 amide bonds. The van der Waals surface area contributed by atoms with E-state index in [-0.39, 0.29) is 18.4 Å². The van der Waals surface area contributed by atoms with Crippen molar-refractivity contribution in [2.24, 2.45) is 7.05 Å². The topological polar surface area (TPSA) is 74.6 Å². The number of aromatic nitrogens is 3. The standard InChI is InChI=1S/C20H22N6O2S/c1-4-26-15(27)10-24(3)19(28)16-12-6-8-25(9-14(12)29-20(16)26)18-13-5-7-23(2)17(13)21-11-22-18/h5,7,11H,4,6,8-10H2,1-3H3. The zero-order chi connectivity index (χ0) is 20.3. The van der Waals surface area contributed by atoms with Gasteiger partial charge in [-0.2, -0.15) is 0 Å². The molecule has 150 valence electrons. The van der Waals surface area contributed by atoms with Crippen LogP contribution in [0.5, 0.6) is 0 Å². The van der Waals surface area contributed by atoms with Gasteiger partial charge in [0.2, 0.25) is 5.91 Å². The molecule has 5 heterocycles. The van der Waals surface area contributed by atoms with E-state index in [1.54, 1.807) is 29.6 Å². The molecule has 29 heavy (non-hydrogen) atoms. The van der Waals surface area contributed by atoms with Crippen LogP contribution in [-0.4, -0.2) is 57.9 Å². The molecular formula is C20H22N6O2S. The Balaban J connectivity index is 1.58. The van der Waals surface area contributed by atoms with Crippen molar-refractivity contribution in [1.29, 1.82) is 0 Å². The van der Waals surface area contributed by atoms with Crippen LogP contribution in [0, 0.1) is 0 Å². The Labute approximate surface area is 172 Å². The third-order valence-corrected chi connectivity index (χ3v) is 7.01. The number of amides is 2. The maximum atomic E-state index is 13.0. The van der Waals surface area contributed by atoms with E-state index in [2.05, 4.69) is 14.9 Å². The van der Waals surface area contributed by atoms with Crippen LogP contribution in [0.15, 0.2) is 18.6 Å². The van der Waals surface area contributed by atoms with Crippen LogP contribution in [0.2, 0.25) is 0 Å². The van der Waals surface area contributed by atoms with Crippen molar-refractivity contribution >= 4 is 45.0 Å². The Kier molecular flexibility index (Phi) is 4.09. The summed E-state index contributed by atoms with van der Waals surface area (Å²) in [5.41, 5.74) is 2.71. The Hall–Kier alpha value is -2.94. The minimum absolute atomic E-state index is 0.0284. The van der Waals surface area contributed by atoms with Crippen molar-refractivity contribution < 1.29 is 9.59 Å². The summed E-state index contributed by atoms with van der Waals surface area (Å²) in [6.07, 6.45) is 4.35. The monoisotopic (exact) mass is 410 g/mol. The van der Waals surface area contributed by atoms with Gasteiger partial charge in [-0.15, -0.1) is 11.3 Å². The molecule has 8 nitrogen and oxygen atoms in total. The van der Waals surface area contributed by atoms with Gasteiger partial charge in [0.1, 0.15) is 29.3 Å². The van der Waals surface area contributed by atoms with Crippen molar-refractivity contribution in [3.8, 4) is 0 Å². The molecule has 3 aromatic rings. The first-order valence-electron chi connectivity index (χ1n) is 9.71. The van der Waals surface area contributed by atoms with E-state index in [1.807, 2.05) is 30.8 Å². The fourth-order valence-electron chi connectivity index (χ4n) is 4.28. The van der Waals surface area contributed by atoms with Crippen molar-refractivity contribution in [3.63, 3.8) is 0 Å². The molecule has 5 rings (SSSR count). The summed E-state index contributed by atoms with van der Waals surface area (Å²) in [4.78, 5) is 41.3. The first kappa shape index (κ1) is 18.1. The Morgan fingerprint density at radius 1 is 1.17 bits per heavy atom. The normalized spacial score (nSPS) is 17.0. The SMILES string of the molecule is CCN1C(=O)CN(C)C(=O)c2c1sc1c2CCN(c2ncnc3c2ccn3C)C1. The number of rotatable bonds is 2. The Morgan fingerprint density at radius 3 is 2.79 bits per heavy atom. The van der Waals surface area contributed by atoms with E-state index >= 15 is 0 Å². The molecule has 9 heteroatoms. The number of hydrogen-bond donors (Lipinski definition) is 0. The molecule has 0 spiro atoms. The lowest BCUT2D eigenvalue weighted by Gasteiger charge is -2.28. The number of fused-ring (bicyclic) bond motifs is 4. The van der Waals surface area contributed by atoms with E-state index in [9.17, 15) is 9.59 Å². The minimum atomic E-state index is -0.0530. The van der Waals surface area contributed by atoms with Gasteiger partial charge >= 0.3 is 0 Å². The van der Waals surface area contributed by atoms with Gasteiger partial charge in [0.25, 0.3) is 5.91 Å². The second-order valence-electron chi connectivity index (χ2n) is 7.52. The zero-order valence-corrected chi connectivity index (χ0v) is 17.5. The molecule has 3 aromatic heterocycles. The van der Waals surface area contributed by atoms with Crippen molar-refractivity contribution in [3.05, 3.63) is 34.6 Å². The highest BCUT2D eigenvalue weighted by Crippen LogP contribution is 2.42. The quantitative estimate of drug-likeness (QED) is 0.646. The summed E-state index contributed by atoms with van der Waals surface area (Å²) in [6, 6.07) is 2.04. The molecular weight excluding hydrogens is 388 g/mol. The molecule has 0 unspecified atom stereocenters. The predicted octanol–water partition coefficient (Wildman–Crippen LogP) is 2.03. The van der Waals surface area contributed by atoms with E-state index < -0.39 is 0 Å². The lowest BCUT2D eigenvalue weighted by Crippen LogP contribution is -2.37. The lowest BCUT2D eigenvalue weighted by molar-refractivity contribution is -0.118. The van der Waals surface area contributed by atoms with Gasteiger partial charge in [0.15, 0.2) is 0 Å². The maximum absolute atomic E-state index is 13.0. The number of hydrogen-bond acceptors (Lipinski definition) is 6. The number of carbonyl (C=O) groups excluding carboxylic acids is 2. The van der Waals surface area contributed by atoms with E-state index in [0.717, 1.165) is 45.3 Å². The Morgan fingerprint density at radius 2 is 2.00 bits per heavy atom. The van der Waals surface area contributed by atoms with Crippen LogP contribution < -0.4 is 9.80 Å². The summed E-state index contributed by atoms with van der Waals surface area (Å²) < 4.78 is 1.99. The van der Waals surface area contributed by atoms with Crippen molar-refractivity contribution in [2.75, 3.05) is 36.5 Å². The van der Waals surface area contributed by atoms with Gasteiger partial charge in [-0.05, 0) is 25.0 Å². The minimum Gasteiger partial charge on any atom is -0.350 e. The number of thiophene rings is 1. The van der Waals surface area contributed by atoms with Crippen LogP contribution >= 0.6 is 11.3 Å². The van der Waals surface area contributed by atoms with Gasteiger partial charge in [0.05, 0.1) is 17.5 Å². The summed E-state index contributed by atoms with van der Waals surface area (Å²) in [5, 5.41) is 1.82. The van der Waals surface area contributed by atoms with E-state index in [4.69, 9.17) is 0 Å². The summed E-state index contributed by atoms with van der Waals surface area (Å²) in [7, 11) is 3.68. The van der Waals surface area contributed by atoms with Crippen LogP contribution in [-0.2, 0) is 24.8 Å². The highest BCUT2D eigenvalue weighted by molar-refractivity contribution is 7.17. The second kappa shape index (κ2) is 6.55. The summed E-state index contributed by atoms with van der Waals surface area (Å²) in [6.45, 7) is 4.09. The number of aryl methyl sites for hydroxylation is 1. The fraction of sp³-hybridized carbons (Fsp3) is 0.400. The van der Waals surface area contributed by atoms with E-state index in [1.165, 1.54) is 4.90 Å². The molecule has 2 aliphatic heterocycles. The average Bonchev–Trinajstić information content (AvgIpc) is 3.25. The van der Waals surface area contributed by atoms with Crippen molar-refractivity contribution in [1.82, 2.24) is 19.4 Å². The molecule has 0 aromatic carbocycles. The van der Waals surface area contributed by atoms with Crippen LogP contribution in [0.1, 0.15) is 27.7 Å². The first-order chi connectivity index (χ1) is 14.0. The molecule has 2 aliphatic rings. The van der Waals surface area contributed by atoms with Crippen LogP contribution in [0.25, 0.3) is 11.0 Å². The van der Waals surface area contributed by atoms with Crippen LogP contribution in [0.4, 0.5) is 10.8 Å². The number of anilines is 2. The van der Waals surface area contributed by atoms with Gasteiger partial charge in [-0.1, -0.05) is 0 Å². The first-order valence-corrected chi connectivity index (χ1v) is 10.5. The average molecular weight is 411 g/mol. The molecule has 0 saturated carbocycles. The highest BCUT2D eigenvalue weighted by Gasteiger charge is 2.36. The lowest BCUT2D eigenvalue weighted by atomic mass is 10.0. The molecule has 0 radical (unpaired) electrons. The number of nitrogens with zero attached hydrogens (tertiary/aromatic N) is 6. The molecule has 0 fully saturated rings. The zero-order valence-electron chi connectivity index (χ0n) is 16.7. The Bertz CT molecular complexity index is 1150.